The van der Waals surface area contributed by atoms with Crippen molar-refractivity contribution in [3.8, 4) is 56.5 Å². The third-order valence-electron chi connectivity index (χ3n) is 14.0. The van der Waals surface area contributed by atoms with Crippen LogP contribution >= 0.6 is 0 Å². The second-order valence-electron chi connectivity index (χ2n) is 18.4. The summed E-state index contributed by atoms with van der Waals surface area (Å²) in [7, 11) is 0. The van der Waals surface area contributed by atoms with Crippen molar-refractivity contribution in [2.24, 2.45) is 0 Å². The van der Waals surface area contributed by atoms with E-state index in [1.54, 1.807) is 0 Å². The molecule has 12 rings (SSSR count). The zero-order valence-electron chi connectivity index (χ0n) is 37.7. The molecule has 67 heavy (non-hydrogen) atoms. The molecule has 2 aliphatic carbocycles. The monoisotopic (exact) mass is 860 g/mol. The normalized spacial score (nSPS) is 13.3. The van der Waals surface area contributed by atoms with Crippen LogP contribution in [0.3, 0.4) is 0 Å². The summed E-state index contributed by atoms with van der Waals surface area (Å²) in [5.74, 6) is 1.43. The average molecular weight is 861 g/mol. The highest BCUT2D eigenvalue weighted by molar-refractivity contribution is 5.98. The van der Waals surface area contributed by atoms with Gasteiger partial charge in [0.25, 0.3) is 0 Å². The van der Waals surface area contributed by atoms with Crippen LogP contribution in [0, 0.1) is 0 Å². The highest BCUT2D eigenvalue weighted by Crippen LogP contribution is 2.39. The first-order valence-electron chi connectivity index (χ1n) is 23.5. The van der Waals surface area contributed by atoms with Crippen molar-refractivity contribution < 1.29 is 0 Å². The summed E-state index contributed by atoms with van der Waals surface area (Å²) >= 11 is 0. The lowest BCUT2D eigenvalue weighted by atomic mass is 9.77. The number of allylic oxidation sites excluding steroid dienone is 2. The van der Waals surface area contributed by atoms with Gasteiger partial charge in [0.1, 0.15) is 0 Å². The first kappa shape index (κ1) is 40.4. The van der Waals surface area contributed by atoms with Gasteiger partial charge in [-0.2, -0.15) is 0 Å². The predicted molar refractivity (Wildman–Crippen MR) is 278 cm³/mol. The number of aryl methyl sites for hydroxylation is 2. The lowest BCUT2D eigenvalue weighted by molar-refractivity contribution is 0.641. The molecule has 0 saturated heterocycles. The molecule has 0 N–H and O–H groups in total. The van der Waals surface area contributed by atoms with E-state index in [2.05, 4.69) is 220 Å². The van der Waals surface area contributed by atoms with E-state index in [1.807, 2.05) is 0 Å². The average Bonchev–Trinajstić information content (AvgIpc) is 3.40. The Kier molecular flexibility index (Phi) is 10.1. The topological polar surface area (TPSA) is 51.6 Å². The van der Waals surface area contributed by atoms with Crippen LogP contribution in [-0.2, 0) is 18.3 Å². The Hall–Kier alpha value is -8.08. The van der Waals surface area contributed by atoms with E-state index < -0.39 is 0 Å². The van der Waals surface area contributed by atoms with Gasteiger partial charge in [-0.05, 0) is 92.7 Å². The predicted octanol–water partition coefficient (Wildman–Crippen LogP) is 15.6. The Morgan fingerprint density at radius 1 is 0.403 bits per heavy atom. The largest absolute Gasteiger partial charge is 0.228 e. The number of hydrogen-bond donors (Lipinski definition) is 0. The molecular weight excluding hydrogens is 813 g/mol. The van der Waals surface area contributed by atoms with Crippen LogP contribution in [0.2, 0.25) is 0 Å². The Balaban J connectivity index is 0.900. The number of nitrogens with zero attached hydrogens (tertiary/aromatic N) is 4. The first-order chi connectivity index (χ1) is 32.9. The van der Waals surface area contributed by atoms with Gasteiger partial charge in [0.05, 0.1) is 22.8 Å². The molecule has 0 spiro atoms. The molecular formula is C63H48N4. The van der Waals surface area contributed by atoms with E-state index >= 15 is 0 Å². The van der Waals surface area contributed by atoms with Gasteiger partial charge in [-0.15, -0.1) is 0 Å². The fourth-order valence-electron chi connectivity index (χ4n) is 10.3. The number of hydrogen-bond acceptors (Lipinski definition) is 4. The number of rotatable bonds is 8. The smallest absolute Gasteiger partial charge is 0.160 e. The van der Waals surface area contributed by atoms with Crippen LogP contribution in [-0.4, -0.2) is 19.9 Å². The lowest BCUT2D eigenvalue weighted by Crippen LogP contribution is -2.18. The second kappa shape index (κ2) is 16.7. The van der Waals surface area contributed by atoms with Gasteiger partial charge in [0.15, 0.2) is 11.6 Å². The summed E-state index contributed by atoms with van der Waals surface area (Å²) in [5.41, 5.74) is 17.5. The molecule has 0 atom stereocenters. The Bertz CT molecular complexity index is 3590. The van der Waals surface area contributed by atoms with E-state index in [9.17, 15) is 0 Å². The van der Waals surface area contributed by atoms with Crippen molar-refractivity contribution in [2.45, 2.75) is 44.9 Å². The Labute approximate surface area is 392 Å². The minimum absolute atomic E-state index is 0.295. The van der Waals surface area contributed by atoms with E-state index in [1.165, 1.54) is 60.5 Å². The van der Waals surface area contributed by atoms with Crippen LogP contribution in [0.15, 0.2) is 200 Å². The molecule has 8 aromatic carbocycles. The third-order valence-corrected chi connectivity index (χ3v) is 14.0. The summed E-state index contributed by atoms with van der Waals surface area (Å²) in [6.45, 7) is 4.59. The molecule has 0 radical (unpaired) electrons. The van der Waals surface area contributed by atoms with Crippen molar-refractivity contribution in [1.29, 1.82) is 0 Å². The number of fused-ring (bicyclic) bond motifs is 4. The first-order valence-corrected chi connectivity index (χ1v) is 23.5. The maximum Gasteiger partial charge on any atom is 0.160 e. The SMILES string of the molecule is CC(C)(c1ccc(-c2nc(C3=CCCc4ccccc43)cc(-c3cccc4ccccc34)n2)cc1)c1ccc(-c2nc(-c3cccc4c3C=CCC4)cc(-c3cccc4ccccc34)n2)cc1. The fourth-order valence-corrected chi connectivity index (χ4v) is 10.3. The molecule has 10 aromatic rings. The van der Waals surface area contributed by atoms with Crippen molar-refractivity contribution in [2.75, 3.05) is 0 Å². The molecule has 0 unspecified atom stereocenters. The quantitative estimate of drug-likeness (QED) is 0.153. The van der Waals surface area contributed by atoms with Gasteiger partial charge in [-0.1, -0.05) is 208 Å². The minimum atomic E-state index is -0.295. The lowest BCUT2D eigenvalue weighted by Gasteiger charge is -2.26. The van der Waals surface area contributed by atoms with Gasteiger partial charge in [-0.3, -0.25) is 0 Å². The van der Waals surface area contributed by atoms with Gasteiger partial charge < -0.3 is 0 Å². The fraction of sp³-hybridized carbons (Fsp3) is 0.111. The molecule has 4 heteroatoms. The van der Waals surface area contributed by atoms with Gasteiger partial charge in [0.2, 0.25) is 0 Å². The van der Waals surface area contributed by atoms with Crippen LogP contribution in [0.1, 0.15) is 65.8 Å². The molecule has 2 heterocycles. The van der Waals surface area contributed by atoms with Crippen molar-refractivity contribution in [3.63, 3.8) is 0 Å². The summed E-state index contributed by atoms with van der Waals surface area (Å²) < 4.78 is 0. The number of aromatic nitrogens is 4. The molecule has 0 bridgehead atoms. The molecule has 4 nitrogen and oxygen atoms in total. The summed E-state index contributed by atoms with van der Waals surface area (Å²) in [4.78, 5) is 21.2. The molecule has 0 aliphatic heterocycles. The highest BCUT2D eigenvalue weighted by Gasteiger charge is 2.25. The van der Waals surface area contributed by atoms with E-state index in [0.717, 1.165) is 82.1 Å². The molecule has 0 amide bonds. The van der Waals surface area contributed by atoms with Crippen LogP contribution in [0.4, 0.5) is 0 Å². The molecule has 0 fully saturated rings. The standard InChI is InChI=1S/C63H48N4/c1-63(2,47-35-31-45(32-36-47)61-64-57(53-27-11-19-41-15-3-7-23-49(41)53)39-58(65-61)54-28-12-20-42-16-4-8-24-50(42)54)48-37-33-46(34-38-48)62-66-59(55-29-13-21-43-17-5-9-25-51(43)55)40-60(67-62)56-30-14-22-44-18-6-10-26-52(44)56/h3-5,7-11,13-17,19,21-40H,6,12,18,20H2,1-2H3. The van der Waals surface area contributed by atoms with Gasteiger partial charge in [0, 0.05) is 38.8 Å². The number of benzene rings is 8. The zero-order valence-corrected chi connectivity index (χ0v) is 37.7. The van der Waals surface area contributed by atoms with Crippen LogP contribution < -0.4 is 0 Å². The summed E-state index contributed by atoms with van der Waals surface area (Å²) in [6.07, 6.45) is 11.0. The minimum Gasteiger partial charge on any atom is -0.228 e. The maximum absolute atomic E-state index is 5.31. The van der Waals surface area contributed by atoms with E-state index in [4.69, 9.17) is 19.9 Å². The van der Waals surface area contributed by atoms with Crippen molar-refractivity contribution in [1.82, 2.24) is 19.9 Å². The third kappa shape index (κ3) is 7.45. The molecule has 2 aromatic heterocycles. The van der Waals surface area contributed by atoms with Gasteiger partial charge >= 0.3 is 0 Å². The molecule has 320 valence electrons. The van der Waals surface area contributed by atoms with Crippen molar-refractivity contribution in [3.05, 3.63) is 239 Å². The summed E-state index contributed by atoms with van der Waals surface area (Å²) in [6, 6.07) is 67.4. The highest BCUT2D eigenvalue weighted by atomic mass is 14.9. The van der Waals surface area contributed by atoms with E-state index in [-0.39, 0.29) is 5.41 Å². The Morgan fingerprint density at radius 2 is 0.866 bits per heavy atom. The summed E-state index contributed by atoms with van der Waals surface area (Å²) in [5, 5.41) is 4.74. The van der Waals surface area contributed by atoms with Crippen molar-refractivity contribution >= 4 is 33.2 Å². The van der Waals surface area contributed by atoms with E-state index in [0.29, 0.717) is 5.82 Å². The Morgan fingerprint density at radius 3 is 1.51 bits per heavy atom. The molecule has 0 saturated carbocycles. The van der Waals surface area contributed by atoms with Crippen LogP contribution in [0.5, 0.6) is 0 Å². The molecule has 2 aliphatic rings. The van der Waals surface area contributed by atoms with Gasteiger partial charge in [-0.25, -0.2) is 19.9 Å². The zero-order chi connectivity index (χ0) is 44.9. The maximum atomic E-state index is 5.31. The van der Waals surface area contributed by atoms with Crippen LogP contribution in [0.25, 0.3) is 89.7 Å². The second-order valence-corrected chi connectivity index (χ2v) is 18.4.